The van der Waals surface area contributed by atoms with Gasteiger partial charge < -0.3 is 4.89 Å². The summed E-state index contributed by atoms with van der Waals surface area (Å²) < 4.78 is 20.6. The van der Waals surface area contributed by atoms with Gasteiger partial charge in [-0.15, -0.1) is 0 Å². The smallest absolute Gasteiger partial charge is 0.312 e. The Hall–Kier alpha value is 0.110. The van der Waals surface area contributed by atoms with E-state index in [-0.39, 0.29) is 0 Å². The summed E-state index contributed by atoms with van der Waals surface area (Å²) in [5.74, 6) is 0. The number of nitrogens with zero attached hydrogens (tertiary/aromatic N) is 1. The van der Waals surface area contributed by atoms with Crippen molar-refractivity contribution in [2.75, 3.05) is 19.7 Å². The van der Waals surface area contributed by atoms with Crippen molar-refractivity contribution in [3.8, 4) is 0 Å². The van der Waals surface area contributed by atoms with E-state index < -0.39 is 7.75 Å². The lowest BCUT2D eigenvalue weighted by molar-refractivity contribution is 0.195. The van der Waals surface area contributed by atoms with Gasteiger partial charge in [-0.05, 0) is 19.3 Å². The second kappa shape index (κ2) is 52.7. The van der Waals surface area contributed by atoms with Crippen molar-refractivity contribution < 1.29 is 14.0 Å². The average Bonchev–Trinajstić information content (AvgIpc) is 3.25. The molecule has 0 aromatic carbocycles. The predicted molar refractivity (Wildman–Crippen MR) is 275 cm³/mol. The first kappa shape index (κ1) is 61.1. The van der Waals surface area contributed by atoms with Gasteiger partial charge in [-0.3, -0.25) is 4.52 Å². The van der Waals surface area contributed by atoms with Crippen LogP contribution in [0.15, 0.2) is 0 Å². The summed E-state index contributed by atoms with van der Waals surface area (Å²) in [6.07, 6.45) is 68.6. The molecule has 61 heavy (non-hydrogen) atoms. The van der Waals surface area contributed by atoms with Crippen LogP contribution in [0, 0.1) is 0 Å². The first-order valence-corrected chi connectivity index (χ1v) is 30.3. The van der Waals surface area contributed by atoms with Gasteiger partial charge in [0.25, 0.3) is 0 Å². The van der Waals surface area contributed by atoms with Crippen LogP contribution < -0.4 is 0 Å². The van der Waals surface area contributed by atoms with Crippen LogP contribution in [0.1, 0.15) is 342 Å². The molecular weight excluding hydrogens is 766 g/mol. The molecule has 0 fully saturated rings. The zero-order valence-electron chi connectivity index (χ0n) is 42.6. The van der Waals surface area contributed by atoms with Gasteiger partial charge in [-0.2, -0.15) is 0 Å². The second-order valence-electron chi connectivity index (χ2n) is 19.9. The van der Waals surface area contributed by atoms with Crippen molar-refractivity contribution in [3.63, 3.8) is 0 Å². The quantitative estimate of drug-likeness (QED) is 0.0488. The minimum atomic E-state index is -3.70. The van der Waals surface area contributed by atoms with Crippen molar-refractivity contribution in [1.29, 1.82) is 0 Å². The molecule has 0 saturated carbocycles. The van der Waals surface area contributed by atoms with Crippen LogP contribution in [0.2, 0.25) is 0 Å². The summed E-state index contributed by atoms with van der Waals surface area (Å²) in [6.45, 7) is 8.48. The van der Waals surface area contributed by atoms with Crippen molar-refractivity contribution >= 4 is 7.75 Å². The van der Waals surface area contributed by atoms with Crippen LogP contribution >= 0.6 is 7.75 Å². The first-order valence-electron chi connectivity index (χ1n) is 28.8. The molecule has 0 amide bonds. The van der Waals surface area contributed by atoms with E-state index in [1.807, 2.05) is 0 Å². The summed E-state index contributed by atoms with van der Waals surface area (Å²) in [5.41, 5.74) is 0. The Morgan fingerprint density at radius 2 is 0.443 bits per heavy atom. The zero-order valence-corrected chi connectivity index (χ0v) is 43.5. The lowest BCUT2D eigenvalue weighted by Gasteiger charge is -2.26. The molecule has 0 spiro atoms. The van der Waals surface area contributed by atoms with Gasteiger partial charge in [0, 0.05) is 13.1 Å². The minimum absolute atomic E-state index is 0.389. The predicted octanol–water partition coefficient (Wildman–Crippen LogP) is 21.0. The topological polar surface area (TPSA) is 49.8 Å². The van der Waals surface area contributed by atoms with Crippen LogP contribution in [0.3, 0.4) is 0 Å². The van der Waals surface area contributed by atoms with E-state index in [0.29, 0.717) is 19.7 Å². The standard InChI is InChI=1S/C56H116NO3P/c1-4-7-10-12-14-16-18-20-22-24-26-28-30-32-34-36-38-40-42-44-46-48-50-52-54-57(61(58,59)60-56-9-6-3)55-53-51-49-47-45-43-41-39-37-35-33-31-29-27-25-23-21-19-17-15-13-11-8-5-2/h4-56H2,1-3H3,(H,58,59). The van der Waals surface area contributed by atoms with Crippen molar-refractivity contribution in [2.24, 2.45) is 0 Å². The van der Waals surface area contributed by atoms with Crippen LogP contribution in [-0.2, 0) is 9.09 Å². The maximum atomic E-state index is 13.2. The summed E-state index contributed by atoms with van der Waals surface area (Å²) in [5, 5.41) is 0. The van der Waals surface area contributed by atoms with E-state index in [0.717, 1.165) is 38.5 Å². The summed E-state index contributed by atoms with van der Waals surface area (Å²) in [4.78, 5) is 10.8. The maximum absolute atomic E-state index is 13.2. The number of unbranched alkanes of at least 4 members (excludes halogenated alkanes) is 47. The normalized spacial score (nSPS) is 12.9. The van der Waals surface area contributed by atoms with Crippen LogP contribution in [-0.4, -0.2) is 29.3 Å². The fourth-order valence-corrected chi connectivity index (χ4v) is 10.6. The Balaban J connectivity index is 3.70. The molecule has 0 aromatic rings. The highest BCUT2D eigenvalue weighted by Gasteiger charge is 2.28. The lowest BCUT2D eigenvalue weighted by atomic mass is 10.0. The summed E-state index contributed by atoms with van der Waals surface area (Å²) in [6, 6.07) is 0. The van der Waals surface area contributed by atoms with Crippen molar-refractivity contribution in [1.82, 2.24) is 4.67 Å². The molecule has 0 aliphatic heterocycles. The molecule has 4 nitrogen and oxygen atoms in total. The van der Waals surface area contributed by atoms with Gasteiger partial charge >= 0.3 is 7.75 Å². The van der Waals surface area contributed by atoms with Crippen LogP contribution in [0.5, 0.6) is 0 Å². The Kier molecular flexibility index (Phi) is 52.8. The van der Waals surface area contributed by atoms with E-state index in [1.165, 1.54) is 283 Å². The summed E-state index contributed by atoms with van der Waals surface area (Å²) in [7, 11) is -3.70. The number of rotatable bonds is 55. The fraction of sp³-hybridized carbons (Fsp3) is 1.00. The van der Waals surface area contributed by atoms with E-state index >= 15 is 0 Å². The number of hydrogen-bond acceptors (Lipinski definition) is 2. The molecule has 0 bridgehead atoms. The molecule has 0 aliphatic carbocycles. The SMILES string of the molecule is CCCCCCCCCCCCCCCCCCCCCCCCCCN(CCCCCCCCCCCCCCCCCCCCCCCCCC)P(=O)(O)OCCCC. The monoisotopic (exact) mass is 882 g/mol. The Morgan fingerprint density at radius 3 is 0.623 bits per heavy atom. The molecule has 1 atom stereocenters. The van der Waals surface area contributed by atoms with Gasteiger partial charge in [0.05, 0.1) is 6.61 Å². The van der Waals surface area contributed by atoms with Crippen molar-refractivity contribution in [3.05, 3.63) is 0 Å². The highest BCUT2D eigenvalue weighted by molar-refractivity contribution is 7.50. The largest absolute Gasteiger partial charge is 0.405 e. The van der Waals surface area contributed by atoms with E-state index in [9.17, 15) is 9.46 Å². The lowest BCUT2D eigenvalue weighted by Crippen LogP contribution is -2.24. The molecule has 1 N–H and O–H groups in total. The Labute approximate surface area is 386 Å². The Bertz CT molecular complexity index is 787. The molecule has 0 aromatic heterocycles. The van der Waals surface area contributed by atoms with E-state index in [1.54, 1.807) is 4.67 Å². The highest BCUT2D eigenvalue weighted by atomic mass is 31.2. The first-order chi connectivity index (χ1) is 30.1. The van der Waals surface area contributed by atoms with Gasteiger partial charge in [0.1, 0.15) is 0 Å². The second-order valence-corrected chi connectivity index (χ2v) is 21.7. The van der Waals surface area contributed by atoms with Crippen LogP contribution in [0.25, 0.3) is 0 Å². The van der Waals surface area contributed by atoms with Gasteiger partial charge in [-0.25, -0.2) is 9.24 Å². The molecule has 0 radical (unpaired) electrons. The van der Waals surface area contributed by atoms with E-state index in [2.05, 4.69) is 20.8 Å². The molecule has 0 saturated heterocycles. The molecular formula is C56H116NO3P. The zero-order chi connectivity index (χ0) is 44.3. The van der Waals surface area contributed by atoms with Crippen molar-refractivity contribution in [2.45, 2.75) is 342 Å². The fourth-order valence-electron chi connectivity index (χ4n) is 9.29. The third kappa shape index (κ3) is 49.4. The third-order valence-corrected chi connectivity index (χ3v) is 15.3. The number of hydrogen-bond donors (Lipinski definition) is 1. The van der Waals surface area contributed by atoms with Crippen LogP contribution in [0.4, 0.5) is 0 Å². The van der Waals surface area contributed by atoms with E-state index in [4.69, 9.17) is 4.52 Å². The van der Waals surface area contributed by atoms with Gasteiger partial charge in [0.15, 0.2) is 0 Å². The molecule has 5 heteroatoms. The molecule has 0 aliphatic rings. The molecule has 0 heterocycles. The molecule has 0 rings (SSSR count). The van der Waals surface area contributed by atoms with Gasteiger partial charge in [0.2, 0.25) is 0 Å². The minimum Gasteiger partial charge on any atom is -0.312 e. The molecule has 368 valence electrons. The maximum Gasteiger partial charge on any atom is 0.405 e. The molecule has 1 unspecified atom stereocenters. The Morgan fingerprint density at radius 1 is 0.279 bits per heavy atom. The summed E-state index contributed by atoms with van der Waals surface area (Å²) >= 11 is 0. The third-order valence-electron chi connectivity index (χ3n) is 13.7. The van der Waals surface area contributed by atoms with Gasteiger partial charge in [-0.1, -0.05) is 323 Å². The highest BCUT2D eigenvalue weighted by Crippen LogP contribution is 2.47. The average molecular weight is 883 g/mol.